The molecule has 0 aliphatic carbocycles. The second kappa shape index (κ2) is 2.88. The second-order valence-electron chi connectivity index (χ2n) is 1.94. The van der Waals surface area contributed by atoms with E-state index in [0.717, 1.165) is 12.3 Å². The molecule has 58 valence electrons. The van der Waals surface area contributed by atoms with Crippen LogP contribution in [-0.2, 0) is 0 Å². The molecular formula is C7H5ClFNO. The molecule has 1 N–H and O–H groups in total. The molecule has 1 rings (SSSR count). The second-order valence-corrected chi connectivity index (χ2v) is 2.30. The number of hydrogen-bond donors (Lipinski definition) is 1. The number of aliphatic hydroxyl groups is 1. The van der Waals surface area contributed by atoms with E-state index >= 15 is 0 Å². The summed E-state index contributed by atoms with van der Waals surface area (Å²) < 4.78 is 12.4. The summed E-state index contributed by atoms with van der Waals surface area (Å²) in [5.74, 6) is -0.846. The summed E-state index contributed by atoms with van der Waals surface area (Å²) in [6.07, 6.45) is 0.967. The lowest BCUT2D eigenvalue weighted by Crippen LogP contribution is -1.88. The van der Waals surface area contributed by atoms with Crippen LogP contribution in [0.25, 0.3) is 5.76 Å². The molecule has 1 aromatic heterocycles. The minimum Gasteiger partial charge on any atom is -0.508 e. The van der Waals surface area contributed by atoms with Gasteiger partial charge in [-0.3, -0.25) is 0 Å². The van der Waals surface area contributed by atoms with Gasteiger partial charge in [0, 0.05) is 0 Å². The first kappa shape index (κ1) is 8.01. The number of nitrogens with zero attached hydrogens (tertiary/aromatic N) is 1. The van der Waals surface area contributed by atoms with Crippen LogP contribution in [-0.4, -0.2) is 10.1 Å². The van der Waals surface area contributed by atoms with Crippen molar-refractivity contribution in [2.45, 2.75) is 0 Å². The third-order valence-electron chi connectivity index (χ3n) is 1.12. The summed E-state index contributed by atoms with van der Waals surface area (Å²) in [4.78, 5) is 3.47. The lowest BCUT2D eigenvalue weighted by molar-refractivity contribution is 0.512. The summed E-state index contributed by atoms with van der Waals surface area (Å²) in [7, 11) is 0. The van der Waals surface area contributed by atoms with Crippen molar-refractivity contribution in [1.29, 1.82) is 0 Å². The van der Waals surface area contributed by atoms with E-state index < -0.39 is 5.82 Å². The fourth-order valence-electron chi connectivity index (χ4n) is 0.625. The van der Waals surface area contributed by atoms with E-state index in [1.807, 2.05) is 0 Å². The van der Waals surface area contributed by atoms with Gasteiger partial charge in [0.15, 0.2) is 0 Å². The average Bonchev–Trinajstić information content (AvgIpc) is 1.94. The van der Waals surface area contributed by atoms with Gasteiger partial charge in [-0.15, -0.1) is 0 Å². The van der Waals surface area contributed by atoms with Crippen LogP contribution in [0.1, 0.15) is 5.56 Å². The molecule has 0 saturated carbocycles. The molecule has 0 aliphatic heterocycles. The Labute approximate surface area is 68.0 Å². The Kier molecular flexibility index (Phi) is 2.10. The molecule has 4 heteroatoms. The number of halogens is 2. The van der Waals surface area contributed by atoms with Crippen LogP contribution >= 0.6 is 11.6 Å². The van der Waals surface area contributed by atoms with Crippen LogP contribution < -0.4 is 0 Å². The highest BCUT2D eigenvalue weighted by molar-refractivity contribution is 6.30. The predicted molar refractivity (Wildman–Crippen MR) is 40.9 cm³/mol. The standard InChI is InChI=1S/C7H5ClFNO/c1-4(11)6-2-5(9)3-10-7(6)8/h2-3,11H,1H2. The molecule has 0 aliphatic rings. The van der Waals surface area contributed by atoms with Gasteiger partial charge in [0.1, 0.15) is 16.7 Å². The quantitative estimate of drug-likeness (QED) is 0.523. The molecule has 2 nitrogen and oxygen atoms in total. The van der Waals surface area contributed by atoms with Crippen molar-refractivity contribution in [3.63, 3.8) is 0 Å². The van der Waals surface area contributed by atoms with Crippen molar-refractivity contribution in [2.75, 3.05) is 0 Å². The van der Waals surface area contributed by atoms with Gasteiger partial charge >= 0.3 is 0 Å². The maximum absolute atomic E-state index is 12.4. The molecule has 0 fully saturated rings. The van der Waals surface area contributed by atoms with E-state index in [4.69, 9.17) is 16.7 Å². The fourth-order valence-corrected chi connectivity index (χ4v) is 0.837. The zero-order valence-electron chi connectivity index (χ0n) is 5.51. The van der Waals surface area contributed by atoms with Crippen molar-refractivity contribution < 1.29 is 9.50 Å². The van der Waals surface area contributed by atoms with Crippen LogP contribution in [0.3, 0.4) is 0 Å². The number of aliphatic hydroxyl groups excluding tert-OH is 1. The molecule has 11 heavy (non-hydrogen) atoms. The van der Waals surface area contributed by atoms with Gasteiger partial charge in [-0.1, -0.05) is 18.2 Å². The molecule has 0 spiro atoms. The summed E-state index contributed by atoms with van der Waals surface area (Å²) >= 11 is 5.49. The topological polar surface area (TPSA) is 33.1 Å². The zero-order chi connectivity index (χ0) is 8.43. The highest BCUT2D eigenvalue weighted by atomic mass is 35.5. The third kappa shape index (κ3) is 1.68. The van der Waals surface area contributed by atoms with Gasteiger partial charge in [-0.25, -0.2) is 9.37 Å². The molecule has 0 unspecified atom stereocenters. The summed E-state index contributed by atoms with van der Waals surface area (Å²) in [6, 6.07) is 1.07. The highest BCUT2D eigenvalue weighted by Gasteiger charge is 2.04. The summed E-state index contributed by atoms with van der Waals surface area (Å²) in [5, 5.41) is 8.88. The first-order valence-corrected chi connectivity index (χ1v) is 3.18. The summed E-state index contributed by atoms with van der Waals surface area (Å²) in [5.41, 5.74) is 0.117. The summed E-state index contributed by atoms with van der Waals surface area (Å²) in [6.45, 7) is 3.19. The lowest BCUT2D eigenvalue weighted by Gasteiger charge is -1.99. The largest absolute Gasteiger partial charge is 0.508 e. The lowest BCUT2D eigenvalue weighted by atomic mass is 10.2. The Morgan fingerprint density at radius 2 is 2.36 bits per heavy atom. The molecule has 1 heterocycles. The van der Waals surface area contributed by atoms with Crippen LogP contribution in [0.15, 0.2) is 18.8 Å². The Hall–Kier alpha value is -1.09. The smallest absolute Gasteiger partial charge is 0.142 e. The molecule has 0 saturated heterocycles. The Morgan fingerprint density at radius 1 is 1.73 bits per heavy atom. The van der Waals surface area contributed by atoms with Crippen LogP contribution in [0.5, 0.6) is 0 Å². The normalized spacial score (nSPS) is 9.64. The number of aromatic nitrogens is 1. The third-order valence-corrected chi connectivity index (χ3v) is 1.42. The monoisotopic (exact) mass is 173 g/mol. The van der Waals surface area contributed by atoms with Crippen molar-refractivity contribution in [3.8, 4) is 0 Å². The van der Waals surface area contributed by atoms with Crippen molar-refractivity contribution in [2.24, 2.45) is 0 Å². The average molecular weight is 174 g/mol. The van der Waals surface area contributed by atoms with Gasteiger partial charge in [-0.05, 0) is 6.07 Å². The minimum absolute atomic E-state index is 0.0406. The van der Waals surface area contributed by atoms with E-state index in [1.165, 1.54) is 0 Å². The van der Waals surface area contributed by atoms with E-state index in [2.05, 4.69) is 11.6 Å². The van der Waals surface area contributed by atoms with Gasteiger partial charge in [0.05, 0.1) is 11.8 Å². The van der Waals surface area contributed by atoms with E-state index in [1.54, 1.807) is 0 Å². The molecule has 0 bridgehead atoms. The first-order chi connectivity index (χ1) is 5.11. The van der Waals surface area contributed by atoms with Gasteiger partial charge in [0.25, 0.3) is 0 Å². The SMILES string of the molecule is C=C(O)c1cc(F)cnc1Cl. The Balaban J connectivity index is 3.23. The van der Waals surface area contributed by atoms with E-state index in [9.17, 15) is 4.39 Å². The fraction of sp³-hybridized carbons (Fsp3) is 0. The van der Waals surface area contributed by atoms with Gasteiger partial charge in [-0.2, -0.15) is 0 Å². The van der Waals surface area contributed by atoms with Crippen molar-refractivity contribution >= 4 is 17.4 Å². The highest BCUT2D eigenvalue weighted by Crippen LogP contribution is 2.18. The first-order valence-electron chi connectivity index (χ1n) is 2.80. The van der Waals surface area contributed by atoms with Crippen LogP contribution in [0, 0.1) is 5.82 Å². The minimum atomic E-state index is -0.556. The molecule has 0 radical (unpaired) electrons. The van der Waals surface area contributed by atoms with E-state index in [0.29, 0.717) is 0 Å². The number of hydrogen-bond acceptors (Lipinski definition) is 2. The maximum atomic E-state index is 12.4. The number of rotatable bonds is 1. The Bertz CT molecular complexity index is 300. The van der Waals surface area contributed by atoms with Crippen molar-refractivity contribution in [3.05, 3.63) is 35.4 Å². The molecule has 0 amide bonds. The van der Waals surface area contributed by atoms with Gasteiger partial charge < -0.3 is 5.11 Å². The molecule has 1 aromatic rings. The van der Waals surface area contributed by atoms with E-state index in [-0.39, 0.29) is 16.5 Å². The Morgan fingerprint density at radius 3 is 2.82 bits per heavy atom. The molecule has 0 atom stereocenters. The molecule has 0 aromatic carbocycles. The van der Waals surface area contributed by atoms with Crippen molar-refractivity contribution in [1.82, 2.24) is 4.98 Å². The van der Waals surface area contributed by atoms with Crippen LogP contribution in [0.2, 0.25) is 5.15 Å². The number of pyridine rings is 1. The van der Waals surface area contributed by atoms with Crippen LogP contribution in [0.4, 0.5) is 4.39 Å². The zero-order valence-corrected chi connectivity index (χ0v) is 6.27. The predicted octanol–water partition coefficient (Wildman–Crippen LogP) is 2.40. The molecular weight excluding hydrogens is 169 g/mol. The van der Waals surface area contributed by atoms with Gasteiger partial charge in [0.2, 0.25) is 0 Å². The maximum Gasteiger partial charge on any atom is 0.142 e.